The number of benzene rings is 3. The van der Waals surface area contributed by atoms with E-state index in [1.54, 1.807) is 30.5 Å². The summed E-state index contributed by atoms with van der Waals surface area (Å²) in [5, 5.41) is 9.99. The number of Topliss-reactive ketones (excluding diaryl/α,β-unsaturated/α-hetero) is 1. The molecule has 0 fully saturated rings. The highest BCUT2D eigenvalue weighted by atomic mass is 35.5. The van der Waals surface area contributed by atoms with E-state index in [4.69, 9.17) is 28.3 Å². The average molecular weight is 502 g/mol. The predicted octanol–water partition coefficient (Wildman–Crippen LogP) is 4.88. The summed E-state index contributed by atoms with van der Waals surface area (Å²) in [4.78, 5) is 16.7. The number of hydrogen-bond donors (Lipinski definition) is 3. The standard InChI is InChI=1S/C24H21Cl2N3O3S/c25-20-11-10-18-19(14-29-23(18)21(20)26)24(30)22(16-4-2-1-3-5-16)28-13-12-15-6-8-17(9-7-15)33(27,31)32/h1-11,14,22,28-29H,12-13H2,(H2,27,31,32)/t22-/m0/s1. The third-order valence-electron chi connectivity index (χ3n) is 5.42. The Balaban J connectivity index is 1.56. The van der Waals surface area contributed by atoms with Crippen molar-refractivity contribution in [2.75, 3.05) is 6.54 Å². The molecule has 0 aliphatic carbocycles. The van der Waals surface area contributed by atoms with Crippen LogP contribution in [0, 0.1) is 0 Å². The summed E-state index contributed by atoms with van der Waals surface area (Å²) < 4.78 is 22.9. The van der Waals surface area contributed by atoms with E-state index >= 15 is 0 Å². The lowest BCUT2D eigenvalue weighted by atomic mass is 9.96. The molecule has 1 aromatic heterocycles. The van der Waals surface area contributed by atoms with Crippen LogP contribution in [-0.2, 0) is 16.4 Å². The molecule has 0 saturated carbocycles. The first-order valence-electron chi connectivity index (χ1n) is 10.1. The summed E-state index contributed by atoms with van der Waals surface area (Å²) in [6.45, 7) is 0.495. The van der Waals surface area contributed by atoms with E-state index in [0.717, 1.165) is 11.1 Å². The Bertz CT molecular complexity index is 1400. The molecule has 1 heterocycles. The van der Waals surface area contributed by atoms with Gasteiger partial charge in [0.15, 0.2) is 5.78 Å². The van der Waals surface area contributed by atoms with Crippen LogP contribution in [0.1, 0.15) is 27.5 Å². The summed E-state index contributed by atoms with van der Waals surface area (Å²) in [7, 11) is -3.73. The maximum absolute atomic E-state index is 13.6. The van der Waals surface area contributed by atoms with E-state index in [0.29, 0.717) is 39.5 Å². The van der Waals surface area contributed by atoms with E-state index in [1.165, 1.54) is 12.1 Å². The summed E-state index contributed by atoms with van der Waals surface area (Å²) in [6.07, 6.45) is 2.25. The van der Waals surface area contributed by atoms with Crippen molar-refractivity contribution >= 4 is 49.9 Å². The maximum atomic E-state index is 13.6. The number of carbonyl (C=O) groups excluding carboxylic acids is 1. The molecule has 4 rings (SSSR count). The van der Waals surface area contributed by atoms with Crippen LogP contribution in [0.3, 0.4) is 0 Å². The quantitative estimate of drug-likeness (QED) is 0.299. The number of aromatic amines is 1. The van der Waals surface area contributed by atoms with Gasteiger partial charge in [-0.15, -0.1) is 0 Å². The minimum Gasteiger partial charge on any atom is -0.359 e. The molecule has 1 atom stereocenters. The monoisotopic (exact) mass is 501 g/mol. The number of nitrogens with two attached hydrogens (primary N) is 1. The van der Waals surface area contributed by atoms with Crippen molar-refractivity contribution in [1.82, 2.24) is 10.3 Å². The number of H-pyrrole nitrogens is 1. The third kappa shape index (κ3) is 5.13. The average Bonchev–Trinajstić information content (AvgIpc) is 3.24. The highest BCUT2D eigenvalue weighted by molar-refractivity contribution is 7.89. The summed E-state index contributed by atoms with van der Waals surface area (Å²) in [5.41, 5.74) is 2.89. The molecule has 0 aliphatic rings. The number of aromatic nitrogens is 1. The van der Waals surface area contributed by atoms with Gasteiger partial charge in [-0.2, -0.15) is 0 Å². The third-order valence-corrected chi connectivity index (χ3v) is 7.15. The largest absolute Gasteiger partial charge is 0.359 e. The highest BCUT2D eigenvalue weighted by Gasteiger charge is 2.24. The van der Waals surface area contributed by atoms with Crippen molar-refractivity contribution in [3.63, 3.8) is 0 Å². The Morgan fingerprint density at radius 3 is 2.36 bits per heavy atom. The Morgan fingerprint density at radius 1 is 1.00 bits per heavy atom. The molecule has 0 amide bonds. The second kappa shape index (κ2) is 9.67. The van der Waals surface area contributed by atoms with Crippen LogP contribution in [0.2, 0.25) is 10.0 Å². The number of primary sulfonamides is 1. The van der Waals surface area contributed by atoms with Crippen molar-refractivity contribution in [3.8, 4) is 0 Å². The zero-order chi connectivity index (χ0) is 23.6. The molecule has 0 spiro atoms. The highest BCUT2D eigenvalue weighted by Crippen LogP contribution is 2.33. The number of ketones is 1. The molecule has 170 valence electrons. The number of halogens is 2. The minimum atomic E-state index is -3.73. The SMILES string of the molecule is NS(=O)(=O)c1ccc(CCN[C@H](C(=O)c2c[nH]c3c(Cl)c(Cl)ccc23)c2ccccc2)cc1. The van der Waals surface area contributed by atoms with Crippen LogP contribution in [0.4, 0.5) is 0 Å². The van der Waals surface area contributed by atoms with Crippen molar-refractivity contribution < 1.29 is 13.2 Å². The van der Waals surface area contributed by atoms with E-state index < -0.39 is 16.1 Å². The fourth-order valence-corrected chi connectivity index (χ4v) is 4.60. The van der Waals surface area contributed by atoms with Gasteiger partial charge >= 0.3 is 0 Å². The van der Waals surface area contributed by atoms with Gasteiger partial charge in [0.05, 0.1) is 26.5 Å². The maximum Gasteiger partial charge on any atom is 0.238 e. The van der Waals surface area contributed by atoms with Gasteiger partial charge in [0, 0.05) is 23.7 Å². The Kier molecular flexibility index (Phi) is 6.88. The topological polar surface area (TPSA) is 105 Å². The Labute approximate surface area is 201 Å². The molecule has 0 radical (unpaired) electrons. The molecule has 0 bridgehead atoms. The van der Waals surface area contributed by atoms with Gasteiger partial charge in [0.1, 0.15) is 0 Å². The van der Waals surface area contributed by atoms with E-state index in [-0.39, 0.29) is 10.7 Å². The molecular formula is C24H21Cl2N3O3S. The van der Waals surface area contributed by atoms with Gasteiger partial charge in [-0.25, -0.2) is 13.6 Å². The number of fused-ring (bicyclic) bond motifs is 1. The number of rotatable bonds is 8. The molecule has 0 saturated heterocycles. The van der Waals surface area contributed by atoms with Crippen LogP contribution in [0.5, 0.6) is 0 Å². The summed E-state index contributed by atoms with van der Waals surface area (Å²) >= 11 is 12.4. The van der Waals surface area contributed by atoms with Crippen molar-refractivity contribution in [2.45, 2.75) is 17.4 Å². The lowest BCUT2D eigenvalue weighted by Crippen LogP contribution is -2.30. The van der Waals surface area contributed by atoms with Crippen LogP contribution < -0.4 is 10.5 Å². The number of carbonyl (C=O) groups is 1. The number of sulfonamides is 1. The normalized spacial score (nSPS) is 12.7. The van der Waals surface area contributed by atoms with Crippen LogP contribution in [-0.4, -0.2) is 25.7 Å². The van der Waals surface area contributed by atoms with Gasteiger partial charge in [-0.1, -0.05) is 71.7 Å². The van der Waals surface area contributed by atoms with Gasteiger partial charge in [-0.05, 0) is 35.7 Å². The predicted molar refractivity (Wildman–Crippen MR) is 131 cm³/mol. The zero-order valence-corrected chi connectivity index (χ0v) is 19.7. The van der Waals surface area contributed by atoms with Crippen molar-refractivity contribution in [3.05, 3.63) is 99.7 Å². The van der Waals surface area contributed by atoms with Crippen LogP contribution in [0.15, 0.2) is 77.8 Å². The van der Waals surface area contributed by atoms with Crippen molar-refractivity contribution in [1.29, 1.82) is 0 Å². The second-order valence-corrected chi connectivity index (χ2v) is 9.93. The van der Waals surface area contributed by atoms with E-state index in [1.807, 2.05) is 30.3 Å². The molecule has 0 unspecified atom stereocenters. The first-order valence-corrected chi connectivity index (χ1v) is 12.5. The fourth-order valence-electron chi connectivity index (χ4n) is 3.71. The molecule has 3 aromatic carbocycles. The zero-order valence-electron chi connectivity index (χ0n) is 17.4. The van der Waals surface area contributed by atoms with Gasteiger partial charge in [0.2, 0.25) is 10.0 Å². The van der Waals surface area contributed by atoms with E-state index in [2.05, 4.69) is 10.3 Å². The first kappa shape index (κ1) is 23.5. The van der Waals surface area contributed by atoms with Gasteiger partial charge in [-0.3, -0.25) is 4.79 Å². The summed E-state index contributed by atoms with van der Waals surface area (Å²) in [6, 6.07) is 18.7. The first-order chi connectivity index (χ1) is 15.8. The second-order valence-electron chi connectivity index (χ2n) is 7.59. The van der Waals surface area contributed by atoms with Crippen LogP contribution >= 0.6 is 23.2 Å². The molecule has 33 heavy (non-hydrogen) atoms. The smallest absolute Gasteiger partial charge is 0.238 e. The lowest BCUT2D eigenvalue weighted by molar-refractivity contribution is 0.0945. The van der Waals surface area contributed by atoms with Gasteiger partial charge < -0.3 is 10.3 Å². The molecule has 0 aliphatic heterocycles. The van der Waals surface area contributed by atoms with Gasteiger partial charge in [0.25, 0.3) is 0 Å². The summed E-state index contributed by atoms with van der Waals surface area (Å²) in [5.74, 6) is -0.101. The van der Waals surface area contributed by atoms with Crippen LogP contribution in [0.25, 0.3) is 10.9 Å². The molecule has 9 heteroatoms. The fraction of sp³-hybridized carbons (Fsp3) is 0.125. The molecule has 4 N–H and O–H groups in total. The molecule has 4 aromatic rings. The minimum absolute atomic E-state index is 0.0645. The Morgan fingerprint density at radius 2 is 1.70 bits per heavy atom. The number of nitrogens with one attached hydrogen (secondary N) is 2. The lowest BCUT2D eigenvalue weighted by Gasteiger charge is -2.18. The molecular weight excluding hydrogens is 481 g/mol. The Hall–Kier alpha value is -2.68. The number of hydrogen-bond acceptors (Lipinski definition) is 4. The van der Waals surface area contributed by atoms with E-state index in [9.17, 15) is 13.2 Å². The molecule has 6 nitrogen and oxygen atoms in total. The van der Waals surface area contributed by atoms with Crippen molar-refractivity contribution in [2.24, 2.45) is 5.14 Å².